The van der Waals surface area contributed by atoms with Gasteiger partial charge in [-0.25, -0.2) is 10.8 Å². The Hall–Kier alpha value is -1.30. The second-order valence-electron chi connectivity index (χ2n) is 3.97. The minimum atomic E-state index is -0.847. The number of hydrogen-bond donors (Lipinski definition) is 4. The Balaban J connectivity index is 2.59. The van der Waals surface area contributed by atoms with Crippen molar-refractivity contribution < 1.29 is 4.79 Å². The maximum atomic E-state index is 11.0. The molecule has 0 aromatic heterocycles. The number of hydrazine groups is 1. The van der Waals surface area contributed by atoms with E-state index in [0.29, 0.717) is 12.0 Å². The molecule has 0 heterocycles. The number of nitrogens with zero attached hydrogens (tertiary/aromatic N) is 1. The van der Waals surface area contributed by atoms with Gasteiger partial charge in [-0.1, -0.05) is 0 Å². The zero-order valence-electron chi connectivity index (χ0n) is 8.50. The van der Waals surface area contributed by atoms with Crippen LogP contribution in [0.15, 0.2) is 4.99 Å². The highest BCUT2D eigenvalue weighted by molar-refractivity contribution is 5.90. The monoisotopic (exact) mass is 199 g/mol. The minimum absolute atomic E-state index is 0.331. The molecule has 0 aromatic rings. The summed E-state index contributed by atoms with van der Waals surface area (Å²) < 4.78 is 0. The van der Waals surface area contributed by atoms with E-state index in [0.717, 1.165) is 12.8 Å². The van der Waals surface area contributed by atoms with Gasteiger partial charge in [-0.2, -0.15) is 0 Å². The van der Waals surface area contributed by atoms with Gasteiger partial charge in [0.1, 0.15) is 5.54 Å². The molecule has 1 amide bonds. The molecular formula is C8H17N5O. The van der Waals surface area contributed by atoms with Gasteiger partial charge in [0.2, 0.25) is 11.9 Å². The van der Waals surface area contributed by atoms with Gasteiger partial charge in [-0.15, -0.1) is 0 Å². The highest BCUT2D eigenvalue weighted by Gasteiger charge is 2.27. The molecule has 6 nitrogen and oxygen atoms in total. The van der Waals surface area contributed by atoms with E-state index in [-0.39, 0.29) is 0 Å². The number of hydrogen-bond acceptors (Lipinski definition) is 3. The summed E-state index contributed by atoms with van der Waals surface area (Å²) in [6.07, 6.45) is 2.15. The van der Waals surface area contributed by atoms with Gasteiger partial charge in [0, 0.05) is 0 Å². The lowest BCUT2D eigenvalue weighted by Gasteiger charge is -2.24. The van der Waals surface area contributed by atoms with E-state index in [1.807, 2.05) is 0 Å². The van der Waals surface area contributed by atoms with E-state index in [1.165, 1.54) is 0 Å². The van der Waals surface area contributed by atoms with Crippen LogP contribution in [0.4, 0.5) is 0 Å². The van der Waals surface area contributed by atoms with Crippen molar-refractivity contribution in [3.63, 3.8) is 0 Å². The van der Waals surface area contributed by atoms with E-state index in [4.69, 9.17) is 11.6 Å². The Morgan fingerprint density at radius 1 is 1.50 bits per heavy atom. The molecule has 1 aliphatic rings. The van der Waals surface area contributed by atoms with Crippen LogP contribution in [-0.2, 0) is 4.79 Å². The van der Waals surface area contributed by atoms with Gasteiger partial charge < -0.3 is 11.1 Å². The number of amides is 1. The molecule has 1 rings (SSSR count). The number of rotatable bonds is 3. The predicted octanol–water partition coefficient (Wildman–Crippen LogP) is -1.18. The van der Waals surface area contributed by atoms with Crippen LogP contribution in [0.5, 0.6) is 0 Å². The van der Waals surface area contributed by atoms with E-state index >= 15 is 0 Å². The second kappa shape index (κ2) is 3.83. The number of carbonyl (C=O) groups is 1. The average molecular weight is 199 g/mol. The number of aliphatic imine (C=N–C) groups is 1. The van der Waals surface area contributed by atoms with Crippen molar-refractivity contribution in [1.29, 1.82) is 0 Å². The van der Waals surface area contributed by atoms with Crippen molar-refractivity contribution in [1.82, 2.24) is 10.7 Å². The second-order valence-corrected chi connectivity index (χ2v) is 3.97. The minimum Gasteiger partial charge on any atom is -0.368 e. The SMILES string of the molecule is CC(C)(NC(=NC1CC1)NN)C(N)=O. The Kier molecular flexibility index (Phi) is 2.95. The van der Waals surface area contributed by atoms with Gasteiger partial charge in [0.05, 0.1) is 6.04 Å². The van der Waals surface area contributed by atoms with E-state index in [1.54, 1.807) is 13.8 Å². The molecule has 14 heavy (non-hydrogen) atoms. The van der Waals surface area contributed by atoms with Crippen molar-refractivity contribution in [3.05, 3.63) is 0 Å². The number of carbonyl (C=O) groups excluding carboxylic acids is 1. The van der Waals surface area contributed by atoms with Crippen molar-refractivity contribution >= 4 is 11.9 Å². The Morgan fingerprint density at radius 3 is 2.43 bits per heavy atom. The maximum Gasteiger partial charge on any atom is 0.242 e. The summed E-state index contributed by atoms with van der Waals surface area (Å²) in [4.78, 5) is 15.2. The number of primary amides is 1. The quantitative estimate of drug-likeness (QED) is 0.199. The lowest BCUT2D eigenvalue weighted by molar-refractivity contribution is -0.122. The van der Waals surface area contributed by atoms with Gasteiger partial charge in [0.25, 0.3) is 0 Å². The third-order valence-corrected chi connectivity index (χ3v) is 2.04. The highest BCUT2D eigenvalue weighted by Crippen LogP contribution is 2.23. The van der Waals surface area contributed by atoms with Gasteiger partial charge in [-0.05, 0) is 26.7 Å². The molecule has 0 aliphatic heterocycles. The summed E-state index contributed by atoms with van der Waals surface area (Å²) in [6, 6.07) is 0.331. The van der Waals surface area contributed by atoms with Crippen LogP contribution in [0, 0.1) is 0 Å². The van der Waals surface area contributed by atoms with Crippen LogP contribution in [0.25, 0.3) is 0 Å². The molecule has 0 saturated heterocycles. The predicted molar refractivity (Wildman–Crippen MR) is 54.2 cm³/mol. The lowest BCUT2D eigenvalue weighted by atomic mass is 10.1. The van der Waals surface area contributed by atoms with Crippen molar-refractivity contribution in [2.45, 2.75) is 38.3 Å². The molecule has 0 bridgehead atoms. The molecule has 0 atom stereocenters. The molecule has 0 spiro atoms. The van der Waals surface area contributed by atoms with Crippen molar-refractivity contribution in [2.24, 2.45) is 16.6 Å². The van der Waals surface area contributed by atoms with Crippen LogP contribution in [0.1, 0.15) is 26.7 Å². The smallest absolute Gasteiger partial charge is 0.242 e. The zero-order chi connectivity index (χ0) is 10.8. The third-order valence-electron chi connectivity index (χ3n) is 2.04. The van der Waals surface area contributed by atoms with Crippen LogP contribution in [0.3, 0.4) is 0 Å². The van der Waals surface area contributed by atoms with E-state index in [9.17, 15) is 4.79 Å². The standard InChI is InChI=1S/C8H17N5O/c1-8(2,6(9)14)12-7(13-10)11-5-3-4-5/h5H,3-4,10H2,1-2H3,(H2,9,14)(H2,11,12,13). The first kappa shape index (κ1) is 10.8. The Labute approximate surface area is 83.1 Å². The summed E-state index contributed by atoms with van der Waals surface area (Å²) in [6.45, 7) is 3.35. The Bertz CT molecular complexity index is 256. The van der Waals surface area contributed by atoms with Gasteiger partial charge in [-0.3, -0.25) is 10.2 Å². The molecule has 0 unspecified atom stereocenters. The third kappa shape index (κ3) is 2.88. The number of nitrogens with two attached hydrogens (primary N) is 2. The first-order valence-electron chi connectivity index (χ1n) is 4.58. The van der Waals surface area contributed by atoms with E-state index < -0.39 is 11.4 Å². The van der Waals surface area contributed by atoms with E-state index in [2.05, 4.69) is 15.7 Å². The lowest BCUT2D eigenvalue weighted by Crippen LogP contribution is -2.57. The topological polar surface area (TPSA) is 106 Å². The van der Waals surface area contributed by atoms with Crippen LogP contribution in [0.2, 0.25) is 0 Å². The molecule has 1 saturated carbocycles. The number of nitrogens with one attached hydrogen (secondary N) is 2. The van der Waals surface area contributed by atoms with Crippen molar-refractivity contribution in [2.75, 3.05) is 0 Å². The summed E-state index contributed by atoms with van der Waals surface area (Å²) in [5.41, 5.74) is 6.76. The molecule has 6 heteroatoms. The first-order valence-corrected chi connectivity index (χ1v) is 4.58. The molecule has 0 radical (unpaired) electrons. The van der Waals surface area contributed by atoms with Gasteiger partial charge in [0.15, 0.2) is 0 Å². The fourth-order valence-electron chi connectivity index (χ4n) is 0.849. The average Bonchev–Trinajstić information content (AvgIpc) is 2.86. The maximum absolute atomic E-state index is 11.0. The molecule has 0 aromatic carbocycles. The summed E-state index contributed by atoms with van der Waals surface area (Å²) in [5.74, 6) is 5.23. The fourth-order valence-corrected chi connectivity index (χ4v) is 0.849. The fraction of sp³-hybridized carbons (Fsp3) is 0.750. The summed E-state index contributed by atoms with van der Waals surface area (Å²) in [7, 11) is 0. The van der Waals surface area contributed by atoms with Gasteiger partial charge >= 0.3 is 0 Å². The zero-order valence-corrected chi connectivity index (χ0v) is 8.50. The molecule has 80 valence electrons. The number of guanidine groups is 1. The highest BCUT2D eigenvalue weighted by atomic mass is 16.1. The van der Waals surface area contributed by atoms with Crippen LogP contribution < -0.4 is 22.3 Å². The molecule has 1 fully saturated rings. The first-order chi connectivity index (χ1) is 6.45. The normalized spacial score (nSPS) is 17.8. The van der Waals surface area contributed by atoms with Crippen molar-refractivity contribution in [3.8, 4) is 0 Å². The molecule has 1 aliphatic carbocycles. The Morgan fingerprint density at radius 2 is 2.07 bits per heavy atom. The van der Waals surface area contributed by atoms with Crippen LogP contribution >= 0.6 is 0 Å². The largest absolute Gasteiger partial charge is 0.368 e. The molecule has 6 N–H and O–H groups in total. The molecular weight excluding hydrogens is 182 g/mol. The summed E-state index contributed by atoms with van der Waals surface area (Å²) >= 11 is 0. The van der Waals surface area contributed by atoms with Crippen LogP contribution in [-0.4, -0.2) is 23.4 Å². The summed E-state index contributed by atoms with van der Waals surface area (Å²) in [5, 5.41) is 2.85.